The monoisotopic (exact) mass is 338 g/mol. The van der Waals surface area contributed by atoms with Crippen molar-refractivity contribution in [2.24, 2.45) is 0 Å². The normalized spacial score (nSPS) is 23.8. The zero-order valence-electron chi connectivity index (χ0n) is 13.8. The Bertz CT molecular complexity index is 516. The van der Waals surface area contributed by atoms with Crippen LogP contribution in [0.25, 0.3) is 0 Å². The number of carbonyl (C=O) groups excluding carboxylic acids is 1. The summed E-state index contributed by atoms with van der Waals surface area (Å²) < 4.78 is 5.27. The Hall–Kier alpha value is -1.08. The van der Waals surface area contributed by atoms with Crippen LogP contribution in [0.3, 0.4) is 0 Å². The lowest BCUT2D eigenvalue weighted by atomic mass is 9.92. The van der Waals surface area contributed by atoms with Gasteiger partial charge >= 0.3 is 0 Å². The van der Waals surface area contributed by atoms with Crippen LogP contribution >= 0.6 is 11.8 Å². The fourth-order valence-corrected chi connectivity index (χ4v) is 4.25. The van der Waals surface area contributed by atoms with Crippen molar-refractivity contribution in [3.63, 3.8) is 0 Å². The van der Waals surface area contributed by atoms with E-state index in [1.54, 1.807) is 6.92 Å². The van der Waals surface area contributed by atoms with Crippen molar-refractivity contribution in [2.75, 3.05) is 18.8 Å². The maximum absolute atomic E-state index is 12.1. The van der Waals surface area contributed by atoms with Gasteiger partial charge in [0.15, 0.2) is 0 Å². The van der Waals surface area contributed by atoms with Crippen LogP contribution in [-0.4, -0.2) is 51.9 Å². The van der Waals surface area contributed by atoms with Crippen LogP contribution in [0, 0.1) is 6.92 Å². The van der Waals surface area contributed by atoms with E-state index < -0.39 is 0 Å². The lowest BCUT2D eigenvalue weighted by Crippen LogP contribution is -2.51. The first kappa shape index (κ1) is 16.8. The third-order valence-corrected chi connectivity index (χ3v) is 5.56. The minimum absolute atomic E-state index is 0.0568. The Morgan fingerprint density at radius 1 is 1.26 bits per heavy atom. The molecule has 3 rings (SSSR count). The second kappa shape index (κ2) is 8.15. The highest BCUT2D eigenvalue weighted by Crippen LogP contribution is 2.25. The number of nitrogens with one attached hydrogen (secondary N) is 1. The maximum Gasteiger partial charge on any atom is 0.277 e. The Kier molecular flexibility index (Phi) is 5.94. The number of likely N-dealkylation sites (tertiary alicyclic amines) is 1. The predicted octanol–water partition coefficient (Wildman–Crippen LogP) is 2.38. The SMILES string of the molecule is Cc1nnc(SCC(=O)N[C@H]2CCCN(C3CCCCC3)C2)o1. The standard InChI is InChI=1S/C16H26N4O2S/c1-12-18-19-16(22-12)23-11-15(21)17-13-6-5-9-20(10-13)14-7-3-2-4-8-14/h13-14H,2-11H2,1H3,(H,17,21)/t13-/m0/s1. The molecule has 2 aliphatic rings. The van der Waals surface area contributed by atoms with Crippen LogP contribution in [0.2, 0.25) is 0 Å². The first-order valence-corrected chi connectivity index (χ1v) is 9.65. The molecule has 0 aromatic carbocycles. The first-order valence-electron chi connectivity index (χ1n) is 8.67. The van der Waals surface area contributed by atoms with Gasteiger partial charge in [0.1, 0.15) is 0 Å². The highest BCUT2D eigenvalue weighted by Gasteiger charge is 2.27. The molecule has 1 atom stereocenters. The molecule has 0 bridgehead atoms. The summed E-state index contributed by atoms with van der Waals surface area (Å²) in [5.41, 5.74) is 0. The van der Waals surface area contributed by atoms with Crippen LogP contribution in [-0.2, 0) is 4.79 Å². The number of aromatic nitrogens is 2. The van der Waals surface area contributed by atoms with E-state index in [0.717, 1.165) is 19.0 Å². The minimum atomic E-state index is 0.0568. The molecule has 1 aromatic rings. The summed E-state index contributed by atoms with van der Waals surface area (Å²) in [4.78, 5) is 14.7. The van der Waals surface area contributed by atoms with Crippen molar-refractivity contribution in [1.29, 1.82) is 0 Å². The second-order valence-corrected chi connectivity index (χ2v) is 7.50. The van der Waals surface area contributed by atoms with Crippen LogP contribution in [0.1, 0.15) is 50.8 Å². The lowest BCUT2D eigenvalue weighted by molar-refractivity contribution is -0.119. The van der Waals surface area contributed by atoms with Crippen molar-refractivity contribution in [3.8, 4) is 0 Å². The molecule has 7 heteroatoms. The van der Waals surface area contributed by atoms with E-state index >= 15 is 0 Å². The molecule has 0 unspecified atom stereocenters. The number of rotatable bonds is 5. The number of piperidine rings is 1. The molecule has 1 aromatic heterocycles. The Balaban J connectivity index is 1.42. The summed E-state index contributed by atoms with van der Waals surface area (Å²) in [6.07, 6.45) is 9.02. The molecule has 6 nitrogen and oxygen atoms in total. The van der Waals surface area contributed by atoms with Gasteiger partial charge in [-0.3, -0.25) is 9.69 Å². The molecule has 1 amide bonds. The average Bonchev–Trinajstić information content (AvgIpc) is 3.00. The number of thioether (sulfide) groups is 1. The first-order chi connectivity index (χ1) is 11.2. The van der Waals surface area contributed by atoms with Crippen LogP contribution < -0.4 is 5.32 Å². The molecule has 1 N–H and O–H groups in total. The van der Waals surface area contributed by atoms with Crippen LogP contribution in [0.5, 0.6) is 0 Å². The number of nitrogens with zero attached hydrogens (tertiary/aromatic N) is 3. The van der Waals surface area contributed by atoms with Gasteiger partial charge in [-0.2, -0.15) is 0 Å². The molecule has 1 aliphatic heterocycles. The van der Waals surface area contributed by atoms with Crippen LogP contribution in [0.4, 0.5) is 0 Å². The van der Waals surface area contributed by atoms with Gasteiger partial charge in [0.2, 0.25) is 11.8 Å². The minimum Gasteiger partial charge on any atom is -0.416 e. The van der Waals surface area contributed by atoms with Gasteiger partial charge in [0, 0.05) is 25.6 Å². The molecule has 23 heavy (non-hydrogen) atoms. The molecule has 2 fully saturated rings. The van der Waals surface area contributed by atoms with Gasteiger partial charge < -0.3 is 9.73 Å². The summed E-state index contributed by atoms with van der Waals surface area (Å²) in [6.45, 7) is 3.94. The van der Waals surface area contributed by atoms with Gasteiger partial charge in [-0.15, -0.1) is 10.2 Å². The number of amides is 1. The Morgan fingerprint density at radius 3 is 2.83 bits per heavy atom. The molecule has 1 saturated heterocycles. The van der Waals surface area contributed by atoms with Gasteiger partial charge in [0.05, 0.1) is 5.75 Å². The van der Waals surface area contributed by atoms with Gasteiger partial charge in [0.25, 0.3) is 5.22 Å². The third-order valence-electron chi connectivity index (χ3n) is 4.74. The fraction of sp³-hybridized carbons (Fsp3) is 0.812. The van der Waals surface area contributed by atoms with Gasteiger partial charge in [-0.25, -0.2) is 0 Å². The highest BCUT2D eigenvalue weighted by molar-refractivity contribution is 7.99. The van der Waals surface area contributed by atoms with Gasteiger partial charge in [-0.1, -0.05) is 31.0 Å². The van der Waals surface area contributed by atoms with E-state index in [2.05, 4.69) is 20.4 Å². The predicted molar refractivity (Wildman–Crippen MR) is 89.4 cm³/mol. The summed E-state index contributed by atoms with van der Waals surface area (Å²) in [7, 11) is 0. The second-order valence-electron chi connectivity index (χ2n) is 6.57. The van der Waals surface area contributed by atoms with Crippen molar-refractivity contribution in [3.05, 3.63) is 5.89 Å². The molecular weight excluding hydrogens is 312 g/mol. The van der Waals surface area contributed by atoms with Crippen molar-refractivity contribution < 1.29 is 9.21 Å². The zero-order chi connectivity index (χ0) is 16.1. The number of hydrogen-bond acceptors (Lipinski definition) is 6. The number of hydrogen-bond donors (Lipinski definition) is 1. The highest BCUT2D eigenvalue weighted by atomic mass is 32.2. The van der Waals surface area contributed by atoms with Crippen molar-refractivity contribution in [1.82, 2.24) is 20.4 Å². The van der Waals surface area contributed by atoms with E-state index in [1.807, 2.05) is 0 Å². The van der Waals surface area contributed by atoms with E-state index in [-0.39, 0.29) is 11.9 Å². The van der Waals surface area contributed by atoms with Crippen LogP contribution in [0.15, 0.2) is 9.64 Å². The summed E-state index contributed by atoms with van der Waals surface area (Å²) in [5.74, 6) is 0.923. The molecule has 2 heterocycles. The molecule has 0 radical (unpaired) electrons. The quantitative estimate of drug-likeness (QED) is 0.831. The number of aryl methyl sites for hydroxylation is 1. The fourth-order valence-electron chi connectivity index (χ4n) is 3.64. The van der Waals surface area contributed by atoms with Gasteiger partial charge in [-0.05, 0) is 32.2 Å². The smallest absolute Gasteiger partial charge is 0.277 e. The van der Waals surface area contributed by atoms with Crippen molar-refractivity contribution >= 4 is 17.7 Å². The molecule has 1 aliphatic carbocycles. The summed E-state index contributed by atoms with van der Waals surface area (Å²) in [5, 5.41) is 11.3. The summed E-state index contributed by atoms with van der Waals surface area (Å²) in [6, 6.07) is 1.02. The summed E-state index contributed by atoms with van der Waals surface area (Å²) >= 11 is 1.30. The molecule has 0 spiro atoms. The number of carbonyl (C=O) groups is 1. The Labute approximate surface area is 141 Å². The average molecular weight is 338 g/mol. The Morgan fingerprint density at radius 2 is 2.09 bits per heavy atom. The maximum atomic E-state index is 12.1. The van der Waals surface area contributed by atoms with E-state index in [9.17, 15) is 4.79 Å². The topological polar surface area (TPSA) is 71.3 Å². The third kappa shape index (κ3) is 4.94. The zero-order valence-corrected chi connectivity index (χ0v) is 14.6. The van der Waals surface area contributed by atoms with Crippen molar-refractivity contribution in [2.45, 2.75) is 69.2 Å². The molecule has 128 valence electrons. The van der Waals surface area contributed by atoms with E-state index in [1.165, 1.54) is 56.8 Å². The van der Waals surface area contributed by atoms with E-state index in [4.69, 9.17) is 4.42 Å². The lowest BCUT2D eigenvalue weighted by Gasteiger charge is -2.40. The molecular formula is C16H26N4O2S. The molecule has 1 saturated carbocycles. The van der Waals surface area contributed by atoms with E-state index in [0.29, 0.717) is 16.9 Å². The largest absolute Gasteiger partial charge is 0.416 e.